The monoisotopic (exact) mass is 799 g/mol. The first kappa shape index (κ1) is 35.0. The Kier molecular flexibility index (Phi) is 8.66. The van der Waals surface area contributed by atoms with Crippen LogP contribution in [-0.2, 0) is 10.8 Å². The summed E-state index contributed by atoms with van der Waals surface area (Å²) >= 11 is -5.14. The molecule has 8 rings (SSSR count). The zero-order chi connectivity index (χ0) is 36.9. The maximum absolute atomic E-state index is 8.09. The molecule has 1 heterocycles. The molecule has 53 heavy (non-hydrogen) atoms. The molecule has 1 aliphatic rings. The van der Waals surface area contributed by atoms with Gasteiger partial charge in [0, 0.05) is 0 Å². The van der Waals surface area contributed by atoms with Crippen molar-refractivity contribution in [1.82, 2.24) is 0 Å². The molecular weight excluding hydrogens is 752 g/mol. The van der Waals surface area contributed by atoms with Crippen LogP contribution in [0, 0.1) is 20.8 Å². The van der Waals surface area contributed by atoms with E-state index >= 15 is 0 Å². The van der Waals surface area contributed by atoms with Crippen LogP contribution < -0.4 is 17.0 Å². The fourth-order valence-electron chi connectivity index (χ4n) is 8.37. The predicted octanol–water partition coefficient (Wildman–Crippen LogP) is 10.2. The molecule has 0 amide bonds. The van der Waals surface area contributed by atoms with Crippen LogP contribution in [0.15, 0.2) is 176 Å². The van der Waals surface area contributed by atoms with Crippen LogP contribution in [0.4, 0.5) is 5.69 Å². The third-order valence-electron chi connectivity index (χ3n) is 11.1. The molecule has 2 nitrogen and oxygen atoms in total. The van der Waals surface area contributed by atoms with Gasteiger partial charge in [-0.3, -0.25) is 0 Å². The van der Waals surface area contributed by atoms with Gasteiger partial charge in [0.1, 0.15) is 0 Å². The number of anilines is 1. The first-order valence-electron chi connectivity index (χ1n) is 18.6. The van der Waals surface area contributed by atoms with Crippen molar-refractivity contribution < 1.29 is 3.02 Å². The van der Waals surface area contributed by atoms with Crippen LogP contribution in [0.5, 0.6) is 5.75 Å². The topological polar surface area (TPSA) is 21.3 Å². The molecule has 0 aromatic heterocycles. The summed E-state index contributed by atoms with van der Waals surface area (Å²) < 4.78 is 16.2. The maximum atomic E-state index is 8.09. The summed E-state index contributed by atoms with van der Waals surface area (Å²) in [6.45, 7) is 13.4. The molecule has 7 aromatic carbocycles. The molecule has 1 aliphatic heterocycles. The Hall–Kier alpha value is -5.04. The summed E-state index contributed by atoms with van der Waals surface area (Å²) in [6.07, 6.45) is 0. The van der Waals surface area contributed by atoms with E-state index in [9.17, 15) is 0 Å². The molecule has 0 radical (unpaired) electrons. The van der Waals surface area contributed by atoms with Crippen molar-refractivity contribution in [2.45, 2.75) is 52.4 Å². The average Bonchev–Trinajstić information content (AvgIpc) is 3.54. The van der Waals surface area contributed by atoms with E-state index in [1.54, 1.807) is 0 Å². The second-order valence-electron chi connectivity index (χ2n) is 15.7. The van der Waals surface area contributed by atoms with Crippen molar-refractivity contribution >= 4 is 34.3 Å². The number of benzene rings is 7. The first-order chi connectivity index (χ1) is 25.5. The molecular formula is C50H48NOSb. The minimum absolute atomic E-state index is 0.243. The third-order valence-corrected chi connectivity index (χ3v) is 25.6. The molecule has 0 spiro atoms. The van der Waals surface area contributed by atoms with Crippen LogP contribution >= 0.6 is 0 Å². The SMILES string of the molecule is Cc1cc[c]([Sb]2([c]3ccc(C)cc3)([c]3ccc(C)cc3)[NH]c3cc(C(c4ccccc4)(c4ccccc4)c4ccccc4)cc(C(C)(C)C)c3[O]2)cc1. The Morgan fingerprint density at radius 3 is 1.13 bits per heavy atom. The zero-order valence-corrected chi connectivity index (χ0v) is 34.2. The molecule has 0 unspecified atom stereocenters. The number of hydrogen-bond donors (Lipinski definition) is 1. The normalized spacial score (nSPS) is 15.3. The second kappa shape index (κ2) is 13.1. The summed E-state index contributed by atoms with van der Waals surface area (Å²) in [7, 11) is 0. The Bertz CT molecular complexity index is 2170. The summed E-state index contributed by atoms with van der Waals surface area (Å²) in [5.74, 6) is 0.952. The van der Waals surface area contributed by atoms with Gasteiger partial charge in [-0.25, -0.2) is 0 Å². The van der Waals surface area contributed by atoms with Crippen molar-refractivity contribution in [3.63, 3.8) is 0 Å². The van der Waals surface area contributed by atoms with E-state index in [4.69, 9.17) is 3.02 Å². The van der Waals surface area contributed by atoms with Crippen molar-refractivity contribution in [2.75, 3.05) is 3.48 Å². The Morgan fingerprint density at radius 1 is 0.434 bits per heavy atom. The molecule has 1 N–H and O–H groups in total. The molecule has 0 aliphatic carbocycles. The van der Waals surface area contributed by atoms with Gasteiger partial charge in [0.25, 0.3) is 0 Å². The summed E-state index contributed by atoms with van der Waals surface area (Å²) in [5.41, 5.74) is 9.91. The number of fused-ring (bicyclic) bond motifs is 1. The van der Waals surface area contributed by atoms with Gasteiger partial charge < -0.3 is 0 Å². The van der Waals surface area contributed by atoms with Gasteiger partial charge in [0.15, 0.2) is 0 Å². The van der Waals surface area contributed by atoms with Crippen LogP contribution in [0.1, 0.15) is 65.3 Å². The summed E-state index contributed by atoms with van der Waals surface area (Å²) in [6, 6.07) is 65.2. The molecule has 0 fully saturated rings. The molecule has 0 atom stereocenters. The van der Waals surface area contributed by atoms with Crippen molar-refractivity contribution in [3.8, 4) is 5.75 Å². The van der Waals surface area contributed by atoms with Crippen LogP contribution in [0.2, 0.25) is 0 Å². The Morgan fingerprint density at radius 2 is 0.792 bits per heavy atom. The van der Waals surface area contributed by atoms with Gasteiger partial charge >= 0.3 is 319 Å². The van der Waals surface area contributed by atoms with Crippen molar-refractivity contribution in [1.29, 1.82) is 0 Å². The van der Waals surface area contributed by atoms with E-state index in [1.807, 2.05) is 0 Å². The van der Waals surface area contributed by atoms with E-state index < -0.39 is 23.5 Å². The number of rotatable bonds is 7. The van der Waals surface area contributed by atoms with Crippen LogP contribution in [-0.4, -0.2) is 18.1 Å². The van der Waals surface area contributed by atoms with Crippen LogP contribution in [0.25, 0.3) is 0 Å². The van der Waals surface area contributed by atoms with Gasteiger partial charge in [-0.2, -0.15) is 0 Å². The van der Waals surface area contributed by atoms with Gasteiger partial charge in [-0.05, 0) is 0 Å². The zero-order valence-electron chi connectivity index (χ0n) is 31.6. The minimum atomic E-state index is -5.14. The molecule has 0 saturated carbocycles. The van der Waals surface area contributed by atoms with Crippen molar-refractivity contribution in [2.24, 2.45) is 0 Å². The predicted molar refractivity (Wildman–Crippen MR) is 226 cm³/mol. The molecule has 7 aromatic rings. The number of aryl methyl sites for hydroxylation is 3. The van der Waals surface area contributed by atoms with E-state index in [0.29, 0.717) is 0 Å². The number of hydrogen-bond acceptors (Lipinski definition) is 2. The average molecular weight is 801 g/mol. The standard InChI is InChI=1S/C29H28NO.3C7H7.Sb/c1-28(2,3)25-19-24(20-26(30)27(25)31)29(21-13-7-4-8-14-21,22-15-9-5-10-16-22)23-17-11-6-12-18-23;3*1-7-5-3-2-4-6-7;/h4-20,30-31H,1-3H3;3*3-6H,1H3;/q-1;;;;+2/p-1. The Labute approximate surface area is 317 Å². The van der Waals surface area contributed by atoms with Gasteiger partial charge in [0.05, 0.1) is 0 Å². The van der Waals surface area contributed by atoms with E-state index in [-0.39, 0.29) is 5.41 Å². The summed E-state index contributed by atoms with van der Waals surface area (Å²) in [5, 5.41) is 0. The van der Waals surface area contributed by atoms with Gasteiger partial charge in [-0.1, -0.05) is 0 Å². The van der Waals surface area contributed by atoms with E-state index in [1.165, 1.54) is 55.0 Å². The first-order valence-corrected chi connectivity index (χ1v) is 24.8. The second-order valence-corrected chi connectivity index (χ2v) is 27.2. The third kappa shape index (κ3) is 5.53. The molecule has 3 heteroatoms. The molecule has 0 saturated heterocycles. The Balaban J connectivity index is 1.52. The van der Waals surface area contributed by atoms with Crippen molar-refractivity contribution in [3.05, 3.63) is 220 Å². The van der Waals surface area contributed by atoms with E-state index in [2.05, 4.69) is 221 Å². The fraction of sp³-hybridized carbons (Fsp3) is 0.160. The molecule has 0 bridgehead atoms. The fourth-order valence-corrected chi connectivity index (χ4v) is 22.6. The quantitative estimate of drug-likeness (QED) is 0.128. The summed E-state index contributed by atoms with van der Waals surface area (Å²) in [4.78, 5) is 0. The number of nitrogens with one attached hydrogen (secondary N) is 1. The van der Waals surface area contributed by atoms with Crippen LogP contribution in [0.3, 0.4) is 0 Å². The van der Waals surface area contributed by atoms with Gasteiger partial charge in [-0.15, -0.1) is 0 Å². The molecule has 264 valence electrons. The van der Waals surface area contributed by atoms with Gasteiger partial charge in [0.2, 0.25) is 0 Å². The van der Waals surface area contributed by atoms with E-state index in [0.717, 1.165) is 11.4 Å².